The lowest BCUT2D eigenvalue weighted by Gasteiger charge is -2.22. The molecule has 0 aliphatic heterocycles. The lowest BCUT2D eigenvalue weighted by Crippen LogP contribution is -2.25. The van der Waals surface area contributed by atoms with Crippen molar-refractivity contribution in [1.82, 2.24) is 0 Å². The largest absolute Gasteiger partial charge is 0.469 e. The zero-order valence-corrected chi connectivity index (χ0v) is 10.2. The fourth-order valence-electron chi connectivity index (χ4n) is 1.53. The number of hydrogen-bond acceptors (Lipinski definition) is 3. The molecule has 0 amide bonds. The third-order valence-corrected chi connectivity index (χ3v) is 2.66. The summed E-state index contributed by atoms with van der Waals surface area (Å²) in [6.45, 7) is 3.96. The number of hydrogen-bond donors (Lipinski definition) is 1. The molecule has 0 aromatic carbocycles. The number of aliphatic hydroxyl groups is 1. The second-order valence-corrected chi connectivity index (χ2v) is 4.38. The summed E-state index contributed by atoms with van der Waals surface area (Å²) in [6, 6.07) is 0. The summed E-state index contributed by atoms with van der Waals surface area (Å²) in [4.78, 5) is 10.9. The van der Waals surface area contributed by atoms with E-state index in [0.29, 0.717) is 12.8 Å². The molecule has 1 unspecified atom stereocenters. The van der Waals surface area contributed by atoms with Gasteiger partial charge in [0.25, 0.3) is 0 Å². The summed E-state index contributed by atoms with van der Waals surface area (Å²) in [5.41, 5.74) is -0.720. The van der Waals surface area contributed by atoms with Crippen LogP contribution in [0.3, 0.4) is 0 Å². The molecule has 1 N–H and O–H groups in total. The van der Waals surface area contributed by atoms with Crippen LogP contribution in [0.2, 0.25) is 0 Å². The minimum Gasteiger partial charge on any atom is -0.469 e. The number of ether oxygens (including phenoxy) is 1. The van der Waals surface area contributed by atoms with Gasteiger partial charge in [0.15, 0.2) is 0 Å². The Morgan fingerprint density at radius 1 is 1.27 bits per heavy atom. The van der Waals surface area contributed by atoms with Crippen LogP contribution in [0.25, 0.3) is 0 Å². The Kier molecular flexibility index (Phi) is 7.39. The number of methoxy groups -OCH3 is 1. The minimum absolute atomic E-state index is 0.246. The molecule has 0 rings (SSSR count). The van der Waals surface area contributed by atoms with Crippen LogP contribution >= 0.6 is 0 Å². The van der Waals surface area contributed by atoms with Gasteiger partial charge in [-0.2, -0.15) is 0 Å². The van der Waals surface area contributed by atoms with E-state index in [-0.39, 0.29) is 5.97 Å². The maximum atomic E-state index is 10.9. The smallest absolute Gasteiger partial charge is 0.305 e. The highest BCUT2D eigenvalue weighted by molar-refractivity contribution is 5.69. The van der Waals surface area contributed by atoms with Gasteiger partial charge in [-0.3, -0.25) is 4.79 Å². The predicted octanol–water partition coefficient (Wildman–Crippen LogP) is 2.66. The van der Waals surface area contributed by atoms with Crippen molar-refractivity contribution in [3.63, 3.8) is 0 Å². The van der Waals surface area contributed by atoms with E-state index in [1.165, 1.54) is 20.0 Å². The van der Waals surface area contributed by atoms with E-state index in [9.17, 15) is 9.90 Å². The third-order valence-electron chi connectivity index (χ3n) is 2.66. The van der Waals surface area contributed by atoms with Crippen LogP contribution in [-0.4, -0.2) is 23.8 Å². The zero-order chi connectivity index (χ0) is 11.7. The first kappa shape index (κ1) is 14.4. The molecule has 0 saturated heterocycles. The van der Waals surface area contributed by atoms with Gasteiger partial charge < -0.3 is 9.84 Å². The van der Waals surface area contributed by atoms with Gasteiger partial charge in [-0.25, -0.2) is 0 Å². The lowest BCUT2D eigenvalue weighted by atomic mass is 9.93. The molecule has 3 nitrogen and oxygen atoms in total. The Morgan fingerprint density at radius 3 is 2.47 bits per heavy atom. The number of carbonyl (C=O) groups excluding carboxylic acids is 1. The SMILES string of the molecule is CCCCCCC(C)(O)CCC(=O)OC. The van der Waals surface area contributed by atoms with Crippen molar-refractivity contribution < 1.29 is 14.6 Å². The molecule has 3 heteroatoms. The van der Waals surface area contributed by atoms with Crippen LogP contribution in [-0.2, 0) is 9.53 Å². The predicted molar refractivity (Wildman–Crippen MR) is 60.6 cm³/mol. The van der Waals surface area contributed by atoms with E-state index < -0.39 is 5.60 Å². The third kappa shape index (κ3) is 8.43. The van der Waals surface area contributed by atoms with Crippen molar-refractivity contribution in [2.24, 2.45) is 0 Å². The van der Waals surface area contributed by atoms with Gasteiger partial charge in [0.05, 0.1) is 12.7 Å². The van der Waals surface area contributed by atoms with Crippen LogP contribution in [0.4, 0.5) is 0 Å². The second-order valence-electron chi connectivity index (χ2n) is 4.38. The van der Waals surface area contributed by atoms with Gasteiger partial charge in [0.2, 0.25) is 0 Å². The monoisotopic (exact) mass is 216 g/mol. The van der Waals surface area contributed by atoms with Crippen LogP contribution in [0.15, 0.2) is 0 Å². The van der Waals surface area contributed by atoms with Gasteiger partial charge in [0.1, 0.15) is 0 Å². The molecule has 0 saturated carbocycles. The first-order valence-corrected chi connectivity index (χ1v) is 5.81. The van der Waals surface area contributed by atoms with E-state index in [4.69, 9.17) is 0 Å². The second kappa shape index (κ2) is 7.69. The summed E-state index contributed by atoms with van der Waals surface area (Å²) in [6.07, 6.45) is 6.16. The van der Waals surface area contributed by atoms with Crippen molar-refractivity contribution in [2.45, 2.75) is 64.4 Å². The van der Waals surface area contributed by atoms with Gasteiger partial charge in [0, 0.05) is 6.42 Å². The number of rotatable bonds is 8. The topological polar surface area (TPSA) is 46.5 Å². The normalized spacial score (nSPS) is 14.7. The van der Waals surface area contributed by atoms with Gasteiger partial charge in [-0.05, 0) is 19.8 Å². The Balaban J connectivity index is 3.61. The minimum atomic E-state index is -0.720. The molecule has 0 aliphatic rings. The van der Waals surface area contributed by atoms with E-state index >= 15 is 0 Å². The molecule has 0 radical (unpaired) electrons. The molecule has 0 aromatic rings. The quantitative estimate of drug-likeness (QED) is 0.501. The summed E-state index contributed by atoms with van der Waals surface area (Å²) < 4.78 is 4.54. The number of carbonyl (C=O) groups is 1. The lowest BCUT2D eigenvalue weighted by molar-refractivity contribution is -0.142. The molecular formula is C12H24O3. The molecular weight excluding hydrogens is 192 g/mol. The van der Waals surface area contributed by atoms with Crippen molar-refractivity contribution in [3.8, 4) is 0 Å². The zero-order valence-electron chi connectivity index (χ0n) is 10.2. The Bertz CT molecular complexity index is 176. The maximum Gasteiger partial charge on any atom is 0.305 e. The molecule has 15 heavy (non-hydrogen) atoms. The summed E-state index contributed by atoms with van der Waals surface area (Å²) in [5.74, 6) is -0.246. The van der Waals surface area contributed by atoms with Crippen molar-refractivity contribution in [1.29, 1.82) is 0 Å². The summed E-state index contributed by atoms with van der Waals surface area (Å²) in [5, 5.41) is 9.95. The van der Waals surface area contributed by atoms with Crippen molar-refractivity contribution in [3.05, 3.63) is 0 Å². The fourth-order valence-corrected chi connectivity index (χ4v) is 1.53. The highest BCUT2D eigenvalue weighted by Crippen LogP contribution is 2.20. The Hall–Kier alpha value is -0.570. The van der Waals surface area contributed by atoms with Crippen molar-refractivity contribution in [2.75, 3.05) is 7.11 Å². The first-order chi connectivity index (χ1) is 7.02. The summed E-state index contributed by atoms with van der Waals surface area (Å²) in [7, 11) is 1.37. The number of esters is 1. The van der Waals surface area contributed by atoms with Crippen LogP contribution < -0.4 is 0 Å². The highest BCUT2D eigenvalue weighted by Gasteiger charge is 2.20. The van der Waals surface area contributed by atoms with Crippen LogP contribution in [0.5, 0.6) is 0 Å². The molecule has 1 atom stereocenters. The Labute approximate surface area is 92.8 Å². The molecule has 0 spiro atoms. The standard InChI is InChI=1S/C12H24O3/c1-4-5-6-7-9-12(2,14)10-8-11(13)15-3/h14H,4-10H2,1-3H3. The van der Waals surface area contributed by atoms with Crippen molar-refractivity contribution >= 4 is 5.97 Å². The van der Waals surface area contributed by atoms with Crippen LogP contribution in [0, 0.1) is 0 Å². The molecule has 0 fully saturated rings. The van der Waals surface area contributed by atoms with E-state index in [1.807, 2.05) is 0 Å². The highest BCUT2D eigenvalue weighted by atomic mass is 16.5. The van der Waals surface area contributed by atoms with Gasteiger partial charge in [-0.15, -0.1) is 0 Å². The van der Waals surface area contributed by atoms with Gasteiger partial charge in [-0.1, -0.05) is 32.6 Å². The van der Waals surface area contributed by atoms with Crippen LogP contribution in [0.1, 0.15) is 58.8 Å². The molecule has 0 bridgehead atoms. The van der Waals surface area contributed by atoms with E-state index in [2.05, 4.69) is 11.7 Å². The molecule has 0 aliphatic carbocycles. The summed E-state index contributed by atoms with van der Waals surface area (Å²) >= 11 is 0. The van der Waals surface area contributed by atoms with E-state index in [1.54, 1.807) is 6.92 Å². The van der Waals surface area contributed by atoms with E-state index in [0.717, 1.165) is 19.3 Å². The average molecular weight is 216 g/mol. The fraction of sp³-hybridized carbons (Fsp3) is 0.917. The number of unbranched alkanes of at least 4 members (excludes halogenated alkanes) is 3. The maximum absolute atomic E-state index is 10.9. The molecule has 0 heterocycles. The molecule has 90 valence electrons. The average Bonchev–Trinajstić information content (AvgIpc) is 2.21. The Morgan fingerprint density at radius 2 is 1.93 bits per heavy atom. The first-order valence-electron chi connectivity index (χ1n) is 5.81. The molecule has 0 aromatic heterocycles. The van der Waals surface area contributed by atoms with Gasteiger partial charge >= 0.3 is 5.97 Å².